The molecule has 2 nitrogen and oxygen atoms in total. The average molecular weight is 294 g/mol. The molecule has 2 aromatic rings. The Bertz CT molecular complexity index is 543. The molecular formula is C15H18O2S2. The number of ketones is 2. The van der Waals surface area contributed by atoms with Crippen molar-refractivity contribution in [2.75, 3.05) is 0 Å². The van der Waals surface area contributed by atoms with Crippen molar-refractivity contribution in [3.63, 3.8) is 0 Å². The van der Waals surface area contributed by atoms with Gasteiger partial charge in [-0.1, -0.05) is 27.7 Å². The molecule has 0 unspecified atom stereocenters. The molecule has 102 valence electrons. The van der Waals surface area contributed by atoms with Gasteiger partial charge < -0.3 is 0 Å². The summed E-state index contributed by atoms with van der Waals surface area (Å²) in [5.74, 6) is -0.00194. The SMILES string of the molecule is CC.CC.Cc1cc2c(s1)C(=O)c1ccsc1C2=O. The van der Waals surface area contributed by atoms with Crippen molar-refractivity contribution in [1.29, 1.82) is 0 Å². The summed E-state index contributed by atoms with van der Waals surface area (Å²) in [4.78, 5) is 26.2. The Morgan fingerprint density at radius 1 is 0.895 bits per heavy atom. The normalized spacial score (nSPS) is 11.6. The van der Waals surface area contributed by atoms with Crippen LogP contribution < -0.4 is 0 Å². The third kappa shape index (κ3) is 2.69. The van der Waals surface area contributed by atoms with Crippen molar-refractivity contribution in [1.82, 2.24) is 0 Å². The largest absolute Gasteiger partial charge is 0.288 e. The number of carbonyl (C=O) groups excluding carboxylic acids is 2. The van der Waals surface area contributed by atoms with Crippen LogP contribution in [0.4, 0.5) is 0 Å². The Morgan fingerprint density at radius 2 is 1.47 bits per heavy atom. The van der Waals surface area contributed by atoms with Gasteiger partial charge >= 0.3 is 0 Å². The third-order valence-corrected chi connectivity index (χ3v) is 4.38. The van der Waals surface area contributed by atoms with Gasteiger partial charge in [-0.25, -0.2) is 0 Å². The minimum absolute atomic E-state index is 0.000972. The van der Waals surface area contributed by atoms with E-state index in [1.165, 1.54) is 22.7 Å². The maximum Gasteiger partial charge on any atom is 0.205 e. The van der Waals surface area contributed by atoms with E-state index in [0.717, 1.165) is 4.88 Å². The molecule has 0 bridgehead atoms. The molecule has 1 aliphatic rings. The second kappa shape index (κ2) is 6.78. The fourth-order valence-electron chi connectivity index (χ4n) is 1.76. The standard InChI is InChI=1S/C11H6O2S2.2C2H6/c1-5-4-7-9(13)10-6(2-3-14-10)8(12)11(7)15-5;2*1-2/h2-4H,1H3;2*1-2H3. The summed E-state index contributed by atoms with van der Waals surface area (Å²) < 4.78 is 0. The van der Waals surface area contributed by atoms with Crippen LogP contribution in [0, 0.1) is 6.92 Å². The molecule has 0 fully saturated rings. The first-order valence-electron chi connectivity index (χ1n) is 6.46. The quantitative estimate of drug-likeness (QED) is 0.588. The molecule has 0 atom stereocenters. The predicted molar refractivity (Wildman–Crippen MR) is 82.9 cm³/mol. The zero-order valence-electron chi connectivity index (χ0n) is 11.9. The van der Waals surface area contributed by atoms with E-state index in [1.807, 2.05) is 40.7 Å². The molecule has 0 radical (unpaired) electrons. The van der Waals surface area contributed by atoms with Crippen molar-refractivity contribution in [3.8, 4) is 0 Å². The predicted octanol–water partition coefficient (Wildman–Crippen LogP) is 4.95. The highest BCUT2D eigenvalue weighted by Crippen LogP contribution is 2.35. The molecule has 0 aliphatic heterocycles. The number of thiophene rings is 2. The minimum atomic E-state index is -0.000972. The van der Waals surface area contributed by atoms with Crippen LogP contribution in [0.15, 0.2) is 17.5 Å². The number of hydrogen-bond acceptors (Lipinski definition) is 4. The number of carbonyl (C=O) groups is 2. The zero-order valence-corrected chi connectivity index (χ0v) is 13.5. The highest BCUT2D eigenvalue weighted by Gasteiger charge is 2.32. The van der Waals surface area contributed by atoms with E-state index in [1.54, 1.807) is 11.4 Å². The molecule has 2 aromatic heterocycles. The molecule has 0 saturated heterocycles. The summed E-state index contributed by atoms with van der Waals surface area (Å²) in [7, 11) is 0. The Balaban J connectivity index is 0.000000415. The Hall–Kier alpha value is -1.26. The van der Waals surface area contributed by atoms with Gasteiger partial charge in [-0.15, -0.1) is 22.7 Å². The molecule has 4 heteroatoms. The zero-order chi connectivity index (χ0) is 14.6. The number of fused-ring (bicyclic) bond motifs is 2. The van der Waals surface area contributed by atoms with Gasteiger partial charge in [0.25, 0.3) is 0 Å². The van der Waals surface area contributed by atoms with Gasteiger partial charge in [0.2, 0.25) is 11.6 Å². The molecule has 3 rings (SSSR count). The van der Waals surface area contributed by atoms with Gasteiger partial charge in [-0.05, 0) is 24.4 Å². The van der Waals surface area contributed by atoms with Crippen molar-refractivity contribution in [3.05, 3.63) is 43.3 Å². The maximum absolute atomic E-state index is 12.0. The van der Waals surface area contributed by atoms with Crippen LogP contribution in [0.2, 0.25) is 0 Å². The first kappa shape index (κ1) is 15.8. The number of hydrogen-bond donors (Lipinski definition) is 0. The van der Waals surface area contributed by atoms with E-state index in [4.69, 9.17) is 0 Å². The monoisotopic (exact) mass is 294 g/mol. The lowest BCUT2D eigenvalue weighted by Gasteiger charge is -2.08. The summed E-state index contributed by atoms with van der Waals surface area (Å²) in [6.07, 6.45) is 0. The lowest BCUT2D eigenvalue weighted by atomic mass is 9.96. The molecule has 0 N–H and O–H groups in total. The average Bonchev–Trinajstić information content (AvgIpc) is 3.07. The van der Waals surface area contributed by atoms with Crippen molar-refractivity contribution < 1.29 is 9.59 Å². The molecule has 19 heavy (non-hydrogen) atoms. The highest BCUT2D eigenvalue weighted by molar-refractivity contribution is 7.16. The van der Waals surface area contributed by atoms with E-state index >= 15 is 0 Å². The van der Waals surface area contributed by atoms with Gasteiger partial charge in [0, 0.05) is 16.0 Å². The molecule has 0 amide bonds. The van der Waals surface area contributed by atoms with Crippen LogP contribution >= 0.6 is 22.7 Å². The molecule has 0 aromatic carbocycles. The molecule has 1 aliphatic carbocycles. The van der Waals surface area contributed by atoms with Gasteiger partial charge in [0.15, 0.2) is 0 Å². The van der Waals surface area contributed by atoms with Crippen LogP contribution in [0.25, 0.3) is 0 Å². The van der Waals surface area contributed by atoms with E-state index in [-0.39, 0.29) is 11.6 Å². The lowest BCUT2D eigenvalue weighted by molar-refractivity contribution is 0.0986. The Morgan fingerprint density at radius 3 is 2.11 bits per heavy atom. The summed E-state index contributed by atoms with van der Waals surface area (Å²) in [6.45, 7) is 9.91. The second-order valence-electron chi connectivity index (χ2n) is 3.42. The molecule has 0 spiro atoms. The summed E-state index contributed by atoms with van der Waals surface area (Å²) in [6, 6.07) is 3.54. The fourth-order valence-corrected chi connectivity index (χ4v) is 3.57. The van der Waals surface area contributed by atoms with Gasteiger partial charge in [-0.2, -0.15) is 0 Å². The Labute approximate surface area is 122 Å². The van der Waals surface area contributed by atoms with Gasteiger partial charge in [-0.3, -0.25) is 9.59 Å². The van der Waals surface area contributed by atoms with Crippen molar-refractivity contribution >= 4 is 34.2 Å². The van der Waals surface area contributed by atoms with E-state index in [2.05, 4.69) is 0 Å². The fraction of sp³-hybridized carbons (Fsp3) is 0.333. The summed E-state index contributed by atoms with van der Waals surface area (Å²) in [5, 5.41) is 1.80. The summed E-state index contributed by atoms with van der Waals surface area (Å²) >= 11 is 2.75. The van der Waals surface area contributed by atoms with Gasteiger partial charge in [0.1, 0.15) is 0 Å². The minimum Gasteiger partial charge on any atom is -0.288 e. The van der Waals surface area contributed by atoms with Crippen LogP contribution in [0.1, 0.15) is 63.0 Å². The lowest BCUT2D eigenvalue weighted by Crippen LogP contribution is -2.15. The van der Waals surface area contributed by atoms with E-state index in [0.29, 0.717) is 20.9 Å². The topological polar surface area (TPSA) is 34.1 Å². The van der Waals surface area contributed by atoms with Crippen molar-refractivity contribution in [2.24, 2.45) is 0 Å². The Kier molecular flexibility index (Phi) is 5.63. The molecule has 0 saturated carbocycles. The van der Waals surface area contributed by atoms with Crippen LogP contribution in [0.3, 0.4) is 0 Å². The second-order valence-corrected chi connectivity index (χ2v) is 5.59. The maximum atomic E-state index is 12.0. The first-order valence-corrected chi connectivity index (χ1v) is 8.15. The first-order chi connectivity index (χ1) is 9.18. The van der Waals surface area contributed by atoms with Crippen LogP contribution in [-0.2, 0) is 0 Å². The number of aryl methyl sites for hydroxylation is 1. The molecule has 2 heterocycles. The smallest absolute Gasteiger partial charge is 0.205 e. The molecular weight excluding hydrogens is 276 g/mol. The number of rotatable bonds is 0. The van der Waals surface area contributed by atoms with Gasteiger partial charge in [0.05, 0.1) is 9.75 Å². The van der Waals surface area contributed by atoms with Crippen LogP contribution in [0.5, 0.6) is 0 Å². The van der Waals surface area contributed by atoms with E-state index < -0.39 is 0 Å². The summed E-state index contributed by atoms with van der Waals surface area (Å²) in [5.41, 5.74) is 1.15. The highest BCUT2D eigenvalue weighted by atomic mass is 32.1. The van der Waals surface area contributed by atoms with Crippen molar-refractivity contribution in [2.45, 2.75) is 34.6 Å². The third-order valence-electron chi connectivity index (χ3n) is 2.42. The van der Waals surface area contributed by atoms with Crippen LogP contribution in [-0.4, -0.2) is 11.6 Å². The van der Waals surface area contributed by atoms with E-state index in [9.17, 15) is 9.59 Å².